The second-order valence-electron chi connectivity index (χ2n) is 7.20. The molecule has 0 spiro atoms. The largest absolute Gasteiger partial charge is 0.481 e. The van der Waals surface area contributed by atoms with Crippen LogP contribution in [0.25, 0.3) is 17.1 Å². The van der Waals surface area contributed by atoms with E-state index in [4.69, 9.17) is 5.11 Å². The number of hydrogen-bond donors (Lipinski definition) is 4. The zero-order valence-corrected chi connectivity index (χ0v) is 16.7. The molecule has 0 amide bonds. The minimum atomic E-state index is -1.16. The molecule has 0 aliphatic carbocycles. The van der Waals surface area contributed by atoms with Crippen molar-refractivity contribution in [2.24, 2.45) is 0 Å². The lowest BCUT2D eigenvalue weighted by atomic mass is 10.0. The Hall–Kier alpha value is -2.35. The fourth-order valence-electron chi connectivity index (χ4n) is 3.07. The summed E-state index contributed by atoms with van der Waals surface area (Å²) in [7, 11) is 0. The number of carbonyl (C=O) groups is 1. The molecule has 2 rings (SSSR count). The van der Waals surface area contributed by atoms with E-state index in [2.05, 4.69) is 16.9 Å². The van der Waals surface area contributed by atoms with Gasteiger partial charge in [0.2, 0.25) is 0 Å². The van der Waals surface area contributed by atoms with Crippen LogP contribution in [0.15, 0.2) is 30.3 Å². The smallest absolute Gasteiger partial charge is 0.303 e. The summed E-state index contributed by atoms with van der Waals surface area (Å²) in [6.45, 7) is 2.10. The van der Waals surface area contributed by atoms with Gasteiger partial charge in [0.05, 0.1) is 40.7 Å². The van der Waals surface area contributed by atoms with Crippen LogP contribution in [0, 0.1) is 0 Å². The standard InChI is InChI=1S/C22H30N2O5/c1-2-3-4-10-20(27)22-17(23-15-8-5-6-9-16(15)24-22)13-14-19(26)18(25)11-7-12-21(28)29/h5-6,8-9,13-14,18-20,25-27H,2-4,7,10-12H2,1H3,(H,28,29)/b14-13+/t18-,19+,20-/m0/s1. The summed E-state index contributed by atoms with van der Waals surface area (Å²) in [5.41, 5.74) is 2.25. The van der Waals surface area contributed by atoms with E-state index in [1.165, 1.54) is 6.08 Å². The molecule has 4 N–H and O–H groups in total. The van der Waals surface area contributed by atoms with Crippen molar-refractivity contribution in [2.45, 2.75) is 70.2 Å². The number of carboxylic acids is 1. The van der Waals surface area contributed by atoms with Gasteiger partial charge in [-0.2, -0.15) is 0 Å². The molecule has 29 heavy (non-hydrogen) atoms. The number of nitrogens with zero attached hydrogens (tertiary/aromatic N) is 2. The summed E-state index contributed by atoms with van der Waals surface area (Å²) >= 11 is 0. The second-order valence-corrected chi connectivity index (χ2v) is 7.20. The van der Waals surface area contributed by atoms with Crippen LogP contribution in [0.2, 0.25) is 0 Å². The lowest BCUT2D eigenvalue weighted by Crippen LogP contribution is -2.23. The molecule has 0 unspecified atom stereocenters. The van der Waals surface area contributed by atoms with E-state index in [-0.39, 0.29) is 19.3 Å². The highest BCUT2D eigenvalue weighted by molar-refractivity contribution is 5.75. The van der Waals surface area contributed by atoms with Gasteiger partial charge in [-0.25, -0.2) is 9.97 Å². The van der Waals surface area contributed by atoms with Crippen molar-refractivity contribution >= 4 is 23.1 Å². The maximum absolute atomic E-state index is 10.6. The van der Waals surface area contributed by atoms with Gasteiger partial charge in [0.25, 0.3) is 0 Å². The van der Waals surface area contributed by atoms with Crippen molar-refractivity contribution in [2.75, 3.05) is 0 Å². The van der Waals surface area contributed by atoms with Gasteiger partial charge < -0.3 is 20.4 Å². The third-order valence-corrected chi connectivity index (χ3v) is 4.76. The van der Waals surface area contributed by atoms with E-state index in [0.717, 1.165) is 19.3 Å². The van der Waals surface area contributed by atoms with Gasteiger partial charge in [0, 0.05) is 6.42 Å². The summed E-state index contributed by atoms with van der Waals surface area (Å²) in [4.78, 5) is 19.7. The molecular weight excluding hydrogens is 372 g/mol. The van der Waals surface area contributed by atoms with Crippen LogP contribution in [0.5, 0.6) is 0 Å². The number of aromatic nitrogens is 2. The highest BCUT2D eigenvalue weighted by atomic mass is 16.4. The lowest BCUT2D eigenvalue weighted by Gasteiger charge is -2.15. The molecule has 7 heteroatoms. The normalized spacial score (nSPS) is 14.9. The SMILES string of the molecule is CCCCC[C@H](O)c1nc2ccccc2nc1/C=C/[C@@H](O)[C@@H](O)CCCC(=O)O. The molecule has 1 heterocycles. The second kappa shape index (κ2) is 11.6. The lowest BCUT2D eigenvalue weighted by molar-refractivity contribution is -0.137. The molecule has 0 saturated carbocycles. The topological polar surface area (TPSA) is 124 Å². The quantitative estimate of drug-likeness (QED) is 0.402. The molecule has 0 saturated heterocycles. The number of para-hydroxylation sites is 2. The van der Waals surface area contributed by atoms with Crippen molar-refractivity contribution in [3.8, 4) is 0 Å². The molecular formula is C22H30N2O5. The summed E-state index contributed by atoms with van der Waals surface area (Å²) < 4.78 is 0. The van der Waals surface area contributed by atoms with Gasteiger partial charge in [0.15, 0.2) is 0 Å². The third-order valence-electron chi connectivity index (χ3n) is 4.76. The Morgan fingerprint density at radius 2 is 1.72 bits per heavy atom. The predicted octanol–water partition coefficient (Wildman–Crippen LogP) is 3.23. The minimum Gasteiger partial charge on any atom is -0.481 e. The van der Waals surface area contributed by atoms with Crippen molar-refractivity contribution < 1.29 is 25.2 Å². The monoisotopic (exact) mass is 402 g/mol. The summed E-state index contributed by atoms with van der Waals surface area (Å²) in [5, 5.41) is 39.5. The number of aliphatic hydroxyl groups is 3. The van der Waals surface area contributed by atoms with Gasteiger partial charge in [-0.3, -0.25) is 4.79 Å². The summed E-state index contributed by atoms with van der Waals surface area (Å²) in [6, 6.07) is 7.36. The Labute approximate surface area is 170 Å². The molecule has 1 aromatic heterocycles. The van der Waals surface area contributed by atoms with Gasteiger partial charge >= 0.3 is 5.97 Å². The number of carboxylic acid groups (broad SMARTS) is 1. The number of hydrogen-bond acceptors (Lipinski definition) is 6. The van der Waals surface area contributed by atoms with E-state index < -0.39 is 24.3 Å². The molecule has 158 valence electrons. The van der Waals surface area contributed by atoms with Crippen molar-refractivity contribution in [3.05, 3.63) is 41.7 Å². The van der Waals surface area contributed by atoms with E-state index in [1.54, 1.807) is 6.08 Å². The summed E-state index contributed by atoms with van der Waals surface area (Å²) in [5.74, 6) is -0.935. The van der Waals surface area contributed by atoms with Crippen LogP contribution >= 0.6 is 0 Å². The molecule has 0 fully saturated rings. The first-order chi connectivity index (χ1) is 13.9. The Morgan fingerprint density at radius 3 is 2.38 bits per heavy atom. The first kappa shape index (κ1) is 22.9. The van der Waals surface area contributed by atoms with Crippen LogP contribution in [-0.2, 0) is 4.79 Å². The third kappa shape index (κ3) is 7.20. The molecule has 7 nitrogen and oxygen atoms in total. The number of rotatable bonds is 12. The fourth-order valence-corrected chi connectivity index (χ4v) is 3.07. The highest BCUT2D eigenvalue weighted by Gasteiger charge is 2.17. The van der Waals surface area contributed by atoms with E-state index in [9.17, 15) is 20.1 Å². The number of aliphatic hydroxyl groups excluding tert-OH is 3. The number of aliphatic carboxylic acids is 1. The molecule has 1 aromatic carbocycles. The Bertz CT molecular complexity index is 824. The molecule has 0 bridgehead atoms. The van der Waals surface area contributed by atoms with Crippen LogP contribution in [0.4, 0.5) is 0 Å². The van der Waals surface area contributed by atoms with Crippen LogP contribution in [0.3, 0.4) is 0 Å². The molecule has 0 radical (unpaired) electrons. The van der Waals surface area contributed by atoms with Gasteiger partial charge in [-0.1, -0.05) is 44.4 Å². The number of fused-ring (bicyclic) bond motifs is 1. The summed E-state index contributed by atoms with van der Waals surface area (Å²) in [6.07, 6.45) is 3.87. The first-order valence-corrected chi connectivity index (χ1v) is 10.1. The maximum atomic E-state index is 10.6. The molecule has 0 aliphatic rings. The Kier molecular flexibility index (Phi) is 9.18. The van der Waals surface area contributed by atoms with Crippen molar-refractivity contribution in [1.29, 1.82) is 0 Å². The average Bonchev–Trinajstić information content (AvgIpc) is 2.70. The number of benzene rings is 1. The average molecular weight is 402 g/mol. The molecule has 2 aromatic rings. The van der Waals surface area contributed by atoms with E-state index in [1.807, 2.05) is 24.3 Å². The zero-order chi connectivity index (χ0) is 21.2. The predicted molar refractivity (Wildman–Crippen MR) is 111 cm³/mol. The molecule has 0 aliphatic heterocycles. The Morgan fingerprint density at radius 1 is 1.03 bits per heavy atom. The molecule has 3 atom stereocenters. The van der Waals surface area contributed by atoms with Gasteiger partial charge in [-0.15, -0.1) is 0 Å². The highest BCUT2D eigenvalue weighted by Crippen LogP contribution is 2.24. The Balaban J connectivity index is 2.19. The van der Waals surface area contributed by atoms with Gasteiger partial charge in [0.1, 0.15) is 0 Å². The minimum absolute atomic E-state index is 0.0578. The van der Waals surface area contributed by atoms with Crippen LogP contribution in [0.1, 0.15) is 69.4 Å². The van der Waals surface area contributed by atoms with Crippen molar-refractivity contribution in [3.63, 3.8) is 0 Å². The first-order valence-electron chi connectivity index (χ1n) is 10.1. The van der Waals surface area contributed by atoms with E-state index >= 15 is 0 Å². The number of unbranched alkanes of at least 4 members (excludes halogenated alkanes) is 2. The van der Waals surface area contributed by atoms with Gasteiger partial charge in [-0.05, 0) is 37.5 Å². The van der Waals surface area contributed by atoms with Crippen LogP contribution < -0.4 is 0 Å². The van der Waals surface area contributed by atoms with E-state index in [0.29, 0.717) is 28.8 Å². The zero-order valence-electron chi connectivity index (χ0n) is 16.7. The fraction of sp³-hybridized carbons (Fsp3) is 0.500. The van der Waals surface area contributed by atoms with Crippen molar-refractivity contribution in [1.82, 2.24) is 9.97 Å². The maximum Gasteiger partial charge on any atom is 0.303 e. The van der Waals surface area contributed by atoms with Crippen LogP contribution in [-0.4, -0.2) is 48.6 Å².